The summed E-state index contributed by atoms with van der Waals surface area (Å²) in [5.74, 6) is 1.61. The SMILES string of the molecule is CCNC(=NCCC(C)C)NCCc1csc(C)n1.I. The van der Waals surface area contributed by atoms with Crippen molar-refractivity contribution in [2.24, 2.45) is 10.9 Å². The van der Waals surface area contributed by atoms with E-state index < -0.39 is 0 Å². The molecule has 6 heteroatoms. The molecule has 20 heavy (non-hydrogen) atoms. The summed E-state index contributed by atoms with van der Waals surface area (Å²) < 4.78 is 0. The molecule has 0 saturated heterocycles. The number of aryl methyl sites for hydroxylation is 1. The molecule has 0 bridgehead atoms. The van der Waals surface area contributed by atoms with Crippen LogP contribution >= 0.6 is 35.3 Å². The van der Waals surface area contributed by atoms with Crippen LogP contribution in [-0.4, -0.2) is 30.6 Å². The Bertz CT molecular complexity index is 390. The second-order valence-corrected chi connectivity index (χ2v) is 6.04. The maximum Gasteiger partial charge on any atom is 0.191 e. The highest BCUT2D eigenvalue weighted by molar-refractivity contribution is 14.0. The lowest BCUT2D eigenvalue weighted by atomic mass is 10.1. The Labute approximate surface area is 143 Å². The molecule has 2 N–H and O–H groups in total. The Morgan fingerprint density at radius 1 is 1.40 bits per heavy atom. The van der Waals surface area contributed by atoms with Crippen LogP contribution in [0.15, 0.2) is 10.4 Å². The van der Waals surface area contributed by atoms with Crippen LogP contribution in [0.3, 0.4) is 0 Å². The third kappa shape index (κ3) is 8.73. The molecule has 0 aromatic carbocycles. The van der Waals surface area contributed by atoms with Gasteiger partial charge in [0.25, 0.3) is 0 Å². The van der Waals surface area contributed by atoms with Crippen LogP contribution in [0.1, 0.15) is 37.9 Å². The van der Waals surface area contributed by atoms with Crippen LogP contribution in [0.2, 0.25) is 0 Å². The highest BCUT2D eigenvalue weighted by atomic mass is 127. The number of nitrogens with zero attached hydrogens (tertiary/aromatic N) is 2. The van der Waals surface area contributed by atoms with Gasteiger partial charge in [-0.1, -0.05) is 13.8 Å². The summed E-state index contributed by atoms with van der Waals surface area (Å²) in [4.78, 5) is 9.02. The standard InChI is InChI=1S/C14H26N4S.HI/c1-5-15-14(16-8-6-11(2)3)17-9-7-13-10-19-12(4)18-13;/h10-11H,5-9H2,1-4H3,(H2,15,16,17);1H. The lowest BCUT2D eigenvalue weighted by Gasteiger charge is -2.11. The summed E-state index contributed by atoms with van der Waals surface area (Å²) in [7, 11) is 0. The third-order valence-corrected chi connectivity index (χ3v) is 3.48. The van der Waals surface area contributed by atoms with E-state index in [0.717, 1.165) is 49.1 Å². The molecule has 0 aliphatic heterocycles. The third-order valence-electron chi connectivity index (χ3n) is 2.66. The molecule has 0 radical (unpaired) electrons. The van der Waals surface area contributed by atoms with Gasteiger partial charge in [-0.05, 0) is 26.2 Å². The molecule has 0 aliphatic carbocycles. The maximum absolute atomic E-state index is 4.57. The van der Waals surface area contributed by atoms with Gasteiger partial charge in [-0.25, -0.2) is 4.98 Å². The van der Waals surface area contributed by atoms with E-state index in [1.165, 1.54) is 0 Å². The van der Waals surface area contributed by atoms with Crippen molar-refractivity contribution in [2.75, 3.05) is 19.6 Å². The first-order valence-corrected chi connectivity index (χ1v) is 7.93. The molecule has 0 amide bonds. The van der Waals surface area contributed by atoms with Crippen LogP contribution in [-0.2, 0) is 6.42 Å². The number of aliphatic imine (C=N–C) groups is 1. The minimum absolute atomic E-state index is 0. The molecule has 0 saturated carbocycles. The molecular weight excluding hydrogens is 383 g/mol. The van der Waals surface area contributed by atoms with E-state index in [-0.39, 0.29) is 24.0 Å². The number of halogens is 1. The van der Waals surface area contributed by atoms with E-state index in [2.05, 4.69) is 46.8 Å². The zero-order valence-corrected chi connectivity index (χ0v) is 16.0. The molecule has 1 heterocycles. The van der Waals surface area contributed by atoms with Crippen molar-refractivity contribution in [1.82, 2.24) is 15.6 Å². The van der Waals surface area contributed by atoms with E-state index >= 15 is 0 Å². The number of thiazole rings is 1. The Balaban J connectivity index is 0.00000361. The number of guanidine groups is 1. The van der Waals surface area contributed by atoms with Crippen LogP contribution in [0.4, 0.5) is 0 Å². The highest BCUT2D eigenvalue weighted by Crippen LogP contribution is 2.07. The van der Waals surface area contributed by atoms with Gasteiger partial charge in [0.2, 0.25) is 0 Å². The Hall–Kier alpha value is -0.370. The minimum atomic E-state index is 0. The number of aromatic nitrogens is 1. The van der Waals surface area contributed by atoms with Crippen molar-refractivity contribution in [1.29, 1.82) is 0 Å². The number of nitrogens with one attached hydrogen (secondary N) is 2. The summed E-state index contributed by atoms with van der Waals surface area (Å²) >= 11 is 1.71. The van der Waals surface area contributed by atoms with Crippen molar-refractivity contribution in [3.05, 3.63) is 16.1 Å². The Morgan fingerprint density at radius 3 is 2.70 bits per heavy atom. The fourth-order valence-electron chi connectivity index (χ4n) is 1.61. The Morgan fingerprint density at radius 2 is 2.15 bits per heavy atom. The molecule has 0 unspecified atom stereocenters. The second kappa shape index (κ2) is 11.3. The lowest BCUT2D eigenvalue weighted by molar-refractivity contribution is 0.594. The molecule has 0 fully saturated rings. The number of hydrogen-bond acceptors (Lipinski definition) is 3. The van der Waals surface area contributed by atoms with Gasteiger partial charge in [-0.2, -0.15) is 0 Å². The predicted octanol–water partition coefficient (Wildman–Crippen LogP) is 3.21. The van der Waals surface area contributed by atoms with Gasteiger partial charge in [0, 0.05) is 31.4 Å². The molecule has 1 aromatic rings. The molecule has 4 nitrogen and oxygen atoms in total. The number of hydrogen-bond donors (Lipinski definition) is 2. The first-order valence-electron chi connectivity index (χ1n) is 7.05. The molecule has 0 atom stereocenters. The number of rotatable bonds is 7. The van der Waals surface area contributed by atoms with E-state index in [9.17, 15) is 0 Å². The monoisotopic (exact) mass is 410 g/mol. The van der Waals surface area contributed by atoms with Gasteiger partial charge >= 0.3 is 0 Å². The van der Waals surface area contributed by atoms with E-state index in [4.69, 9.17) is 0 Å². The molecular formula is C14H27IN4S. The summed E-state index contributed by atoms with van der Waals surface area (Å²) in [6.45, 7) is 11.2. The fourth-order valence-corrected chi connectivity index (χ4v) is 2.26. The average Bonchev–Trinajstić information content (AvgIpc) is 2.74. The minimum Gasteiger partial charge on any atom is -0.357 e. The van der Waals surface area contributed by atoms with Crippen LogP contribution in [0.25, 0.3) is 0 Å². The van der Waals surface area contributed by atoms with Crippen molar-refractivity contribution in [2.45, 2.75) is 40.5 Å². The zero-order valence-electron chi connectivity index (χ0n) is 12.9. The van der Waals surface area contributed by atoms with Gasteiger partial charge in [0.05, 0.1) is 10.7 Å². The predicted molar refractivity (Wildman–Crippen MR) is 99.4 cm³/mol. The molecule has 1 aromatic heterocycles. The van der Waals surface area contributed by atoms with E-state index in [1.807, 2.05) is 6.92 Å². The van der Waals surface area contributed by atoms with Crippen LogP contribution < -0.4 is 10.6 Å². The molecule has 0 spiro atoms. The normalized spacial score (nSPS) is 11.3. The summed E-state index contributed by atoms with van der Waals surface area (Å²) in [6.07, 6.45) is 2.07. The first-order chi connectivity index (χ1) is 9.11. The van der Waals surface area contributed by atoms with Gasteiger partial charge in [0.15, 0.2) is 5.96 Å². The zero-order chi connectivity index (χ0) is 14.1. The van der Waals surface area contributed by atoms with E-state index in [0.29, 0.717) is 5.92 Å². The molecule has 0 aliphatic rings. The first kappa shape index (κ1) is 19.6. The fraction of sp³-hybridized carbons (Fsp3) is 0.714. The van der Waals surface area contributed by atoms with Gasteiger partial charge in [0.1, 0.15) is 0 Å². The largest absolute Gasteiger partial charge is 0.357 e. The summed E-state index contributed by atoms with van der Waals surface area (Å²) in [5, 5.41) is 9.88. The van der Waals surface area contributed by atoms with Gasteiger partial charge in [-0.3, -0.25) is 4.99 Å². The van der Waals surface area contributed by atoms with Crippen molar-refractivity contribution < 1.29 is 0 Å². The average molecular weight is 410 g/mol. The van der Waals surface area contributed by atoms with Crippen molar-refractivity contribution in [3.8, 4) is 0 Å². The van der Waals surface area contributed by atoms with Crippen LogP contribution in [0, 0.1) is 12.8 Å². The van der Waals surface area contributed by atoms with Gasteiger partial charge < -0.3 is 10.6 Å². The summed E-state index contributed by atoms with van der Waals surface area (Å²) in [6, 6.07) is 0. The quantitative estimate of drug-likeness (QED) is 0.412. The Kier molecular flexibility index (Phi) is 11.1. The lowest BCUT2D eigenvalue weighted by Crippen LogP contribution is -2.38. The van der Waals surface area contributed by atoms with Crippen molar-refractivity contribution >= 4 is 41.3 Å². The van der Waals surface area contributed by atoms with E-state index in [1.54, 1.807) is 11.3 Å². The van der Waals surface area contributed by atoms with Crippen molar-refractivity contribution in [3.63, 3.8) is 0 Å². The molecule has 1 rings (SSSR count). The highest BCUT2D eigenvalue weighted by Gasteiger charge is 2.00. The smallest absolute Gasteiger partial charge is 0.191 e. The topological polar surface area (TPSA) is 49.3 Å². The van der Waals surface area contributed by atoms with Crippen LogP contribution in [0.5, 0.6) is 0 Å². The second-order valence-electron chi connectivity index (χ2n) is 4.98. The summed E-state index contributed by atoms with van der Waals surface area (Å²) in [5.41, 5.74) is 1.16. The van der Waals surface area contributed by atoms with Gasteiger partial charge in [-0.15, -0.1) is 35.3 Å². The molecule has 116 valence electrons. The maximum atomic E-state index is 4.57.